The Morgan fingerprint density at radius 1 is 1.04 bits per heavy atom. The number of methoxy groups -OCH3 is 2. The molecule has 0 bridgehead atoms. The van der Waals surface area contributed by atoms with Crippen LogP contribution in [-0.4, -0.2) is 75.1 Å². The van der Waals surface area contributed by atoms with Crippen molar-refractivity contribution in [2.45, 2.75) is 6.42 Å². The van der Waals surface area contributed by atoms with Gasteiger partial charge in [0.2, 0.25) is 5.91 Å². The highest BCUT2D eigenvalue weighted by Crippen LogP contribution is 2.28. The Kier molecular flexibility index (Phi) is 5.43. The highest BCUT2D eigenvalue weighted by Gasteiger charge is 2.30. The number of ether oxygens (including phenoxy) is 2. The zero-order chi connectivity index (χ0) is 17.8. The summed E-state index contributed by atoms with van der Waals surface area (Å²) < 4.78 is 10.5. The van der Waals surface area contributed by atoms with Gasteiger partial charge in [-0.05, 0) is 31.2 Å². The number of amides is 2. The van der Waals surface area contributed by atoms with Crippen LogP contribution in [0.1, 0.15) is 16.8 Å². The molecule has 1 unspecified atom stereocenters. The second-order valence-electron chi connectivity index (χ2n) is 6.38. The Morgan fingerprint density at radius 3 is 2.32 bits per heavy atom. The third kappa shape index (κ3) is 3.71. The molecular weight excluding hydrogens is 322 g/mol. The fourth-order valence-electron chi connectivity index (χ4n) is 3.41. The molecule has 0 spiro atoms. The molecule has 2 saturated heterocycles. The van der Waals surface area contributed by atoms with Crippen LogP contribution in [0.2, 0.25) is 0 Å². The average Bonchev–Trinajstić information content (AvgIpc) is 3.21. The van der Waals surface area contributed by atoms with Gasteiger partial charge in [-0.2, -0.15) is 0 Å². The number of benzene rings is 1. The van der Waals surface area contributed by atoms with Crippen LogP contribution in [0.4, 0.5) is 0 Å². The first kappa shape index (κ1) is 17.5. The number of nitrogens with zero attached hydrogens (tertiary/aromatic N) is 2. The first-order chi connectivity index (χ1) is 12.1. The number of carbonyl (C=O) groups is 2. The molecule has 7 nitrogen and oxygen atoms in total. The summed E-state index contributed by atoms with van der Waals surface area (Å²) in [5.41, 5.74) is 0.567. The Bertz CT molecular complexity index is 635. The fourth-order valence-corrected chi connectivity index (χ4v) is 3.41. The molecule has 1 aromatic rings. The highest BCUT2D eigenvalue weighted by molar-refractivity contribution is 5.95. The zero-order valence-electron chi connectivity index (χ0n) is 14.8. The van der Waals surface area contributed by atoms with Gasteiger partial charge in [0.1, 0.15) is 0 Å². The number of hydrogen-bond acceptors (Lipinski definition) is 5. The van der Waals surface area contributed by atoms with E-state index in [1.54, 1.807) is 37.3 Å². The molecule has 136 valence electrons. The molecule has 2 heterocycles. The van der Waals surface area contributed by atoms with Crippen LogP contribution in [0.5, 0.6) is 11.5 Å². The van der Waals surface area contributed by atoms with Crippen molar-refractivity contribution in [3.8, 4) is 11.5 Å². The van der Waals surface area contributed by atoms with Crippen molar-refractivity contribution in [3.63, 3.8) is 0 Å². The lowest BCUT2D eigenvalue weighted by Crippen LogP contribution is -2.52. The van der Waals surface area contributed by atoms with Gasteiger partial charge in [-0.15, -0.1) is 0 Å². The summed E-state index contributed by atoms with van der Waals surface area (Å²) in [7, 11) is 3.11. The quantitative estimate of drug-likeness (QED) is 0.864. The van der Waals surface area contributed by atoms with Crippen LogP contribution in [-0.2, 0) is 4.79 Å². The van der Waals surface area contributed by atoms with E-state index < -0.39 is 0 Å². The van der Waals surface area contributed by atoms with E-state index in [1.807, 2.05) is 4.90 Å². The van der Waals surface area contributed by atoms with Crippen LogP contribution in [0.3, 0.4) is 0 Å². The summed E-state index contributed by atoms with van der Waals surface area (Å²) in [6.07, 6.45) is 0.906. The summed E-state index contributed by atoms with van der Waals surface area (Å²) in [4.78, 5) is 28.8. The van der Waals surface area contributed by atoms with Crippen molar-refractivity contribution in [3.05, 3.63) is 23.8 Å². The van der Waals surface area contributed by atoms with E-state index in [-0.39, 0.29) is 17.7 Å². The van der Waals surface area contributed by atoms with Gasteiger partial charge < -0.3 is 24.6 Å². The Hall–Kier alpha value is -2.28. The summed E-state index contributed by atoms with van der Waals surface area (Å²) in [5.74, 6) is 1.39. The smallest absolute Gasteiger partial charge is 0.254 e. The monoisotopic (exact) mass is 347 g/mol. The Labute approximate surface area is 147 Å². The summed E-state index contributed by atoms with van der Waals surface area (Å²) >= 11 is 0. The molecule has 1 N–H and O–H groups in total. The lowest BCUT2D eigenvalue weighted by molar-refractivity contribution is -0.136. The van der Waals surface area contributed by atoms with Gasteiger partial charge >= 0.3 is 0 Å². The third-order valence-electron chi connectivity index (χ3n) is 4.92. The molecule has 2 aliphatic rings. The summed E-state index contributed by atoms with van der Waals surface area (Å²) in [6, 6.07) is 5.17. The van der Waals surface area contributed by atoms with E-state index in [0.717, 1.165) is 19.5 Å². The van der Waals surface area contributed by atoms with Crippen LogP contribution in [0.25, 0.3) is 0 Å². The number of piperazine rings is 1. The predicted octanol–water partition coefficient (Wildman–Crippen LogP) is 0.598. The van der Waals surface area contributed by atoms with Crippen molar-refractivity contribution < 1.29 is 19.1 Å². The molecule has 2 aliphatic heterocycles. The minimum Gasteiger partial charge on any atom is -0.493 e. The van der Waals surface area contributed by atoms with Crippen molar-refractivity contribution >= 4 is 11.8 Å². The Morgan fingerprint density at radius 2 is 1.72 bits per heavy atom. The number of nitrogens with one attached hydrogen (secondary N) is 1. The SMILES string of the molecule is COc1ccc(C(=O)N2CCN(C(=O)C3CCNC3)CC2)cc1OC. The van der Waals surface area contributed by atoms with Gasteiger partial charge in [0.25, 0.3) is 5.91 Å². The second-order valence-corrected chi connectivity index (χ2v) is 6.38. The van der Waals surface area contributed by atoms with Gasteiger partial charge in [-0.1, -0.05) is 0 Å². The van der Waals surface area contributed by atoms with E-state index in [9.17, 15) is 9.59 Å². The van der Waals surface area contributed by atoms with Crippen LogP contribution >= 0.6 is 0 Å². The summed E-state index contributed by atoms with van der Waals surface area (Å²) in [6.45, 7) is 3.97. The van der Waals surface area contributed by atoms with Gasteiger partial charge in [0.15, 0.2) is 11.5 Å². The number of carbonyl (C=O) groups excluding carboxylic acids is 2. The lowest BCUT2D eigenvalue weighted by atomic mass is 10.1. The number of rotatable bonds is 4. The molecule has 0 radical (unpaired) electrons. The topological polar surface area (TPSA) is 71.1 Å². The van der Waals surface area contributed by atoms with Crippen molar-refractivity contribution in [1.29, 1.82) is 0 Å². The minimum absolute atomic E-state index is 0.0458. The third-order valence-corrected chi connectivity index (χ3v) is 4.92. The van der Waals surface area contributed by atoms with Gasteiger partial charge in [0, 0.05) is 38.3 Å². The van der Waals surface area contributed by atoms with E-state index in [0.29, 0.717) is 43.2 Å². The molecule has 0 aromatic heterocycles. The maximum Gasteiger partial charge on any atom is 0.254 e. The van der Waals surface area contributed by atoms with E-state index >= 15 is 0 Å². The zero-order valence-corrected chi connectivity index (χ0v) is 14.8. The fraction of sp³-hybridized carbons (Fsp3) is 0.556. The molecule has 3 rings (SSSR count). The van der Waals surface area contributed by atoms with Crippen molar-refractivity contribution in [2.24, 2.45) is 5.92 Å². The lowest BCUT2D eigenvalue weighted by Gasteiger charge is -2.36. The standard InChI is InChI=1S/C18H25N3O4/c1-24-15-4-3-13(11-16(15)25-2)17(22)20-7-9-21(10-8-20)18(23)14-5-6-19-12-14/h3-4,11,14,19H,5-10,12H2,1-2H3. The molecule has 2 fully saturated rings. The molecule has 2 amide bonds. The molecule has 0 aliphatic carbocycles. The van der Waals surface area contributed by atoms with Crippen LogP contribution in [0.15, 0.2) is 18.2 Å². The van der Waals surface area contributed by atoms with Crippen LogP contribution < -0.4 is 14.8 Å². The van der Waals surface area contributed by atoms with E-state index in [2.05, 4.69) is 5.32 Å². The average molecular weight is 347 g/mol. The highest BCUT2D eigenvalue weighted by atomic mass is 16.5. The normalized spacial score (nSPS) is 20.5. The predicted molar refractivity (Wildman–Crippen MR) is 93.0 cm³/mol. The molecular formula is C18H25N3O4. The molecule has 0 saturated carbocycles. The Balaban J connectivity index is 1.60. The van der Waals surface area contributed by atoms with Gasteiger partial charge in [-0.25, -0.2) is 0 Å². The minimum atomic E-state index is -0.0458. The summed E-state index contributed by atoms with van der Waals surface area (Å²) in [5, 5.41) is 3.23. The molecule has 1 atom stereocenters. The van der Waals surface area contributed by atoms with E-state index in [1.165, 1.54) is 0 Å². The van der Waals surface area contributed by atoms with Crippen LogP contribution in [0, 0.1) is 5.92 Å². The molecule has 1 aromatic carbocycles. The van der Waals surface area contributed by atoms with Crippen molar-refractivity contribution in [1.82, 2.24) is 15.1 Å². The maximum absolute atomic E-state index is 12.7. The van der Waals surface area contributed by atoms with Gasteiger partial charge in [0.05, 0.1) is 20.1 Å². The molecule has 25 heavy (non-hydrogen) atoms. The largest absolute Gasteiger partial charge is 0.493 e. The van der Waals surface area contributed by atoms with Gasteiger partial charge in [-0.3, -0.25) is 9.59 Å². The first-order valence-corrected chi connectivity index (χ1v) is 8.65. The van der Waals surface area contributed by atoms with Crippen molar-refractivity contribution in [2.75, 3.05) is 53.5 Å². The first-order valence-electron chi connectivity index (χ1n) is 8.65. The van der Waals surface area contributed by atoms with E-state index in [4.69, 9.17) is 9.47 Å². The second kappa shape index (κ2) is 7.74. The molecule has 7 heteroatoms. The number of hydrogen-bond donors (Lipinski definition) is 1. The maximum atomic E-state index is 12.7.